The first-order valence-electron chi connectivity index (χ1n) is 22.7. The Balaban J connectivity index is 0.997. The van der Waals surface area contributed by atoms with E-state index in [2.05, 4.69) is 72.0 Å². The highest BCUT2D eigenvalue weighted by Gasteiger charge is 2.40. The third-order valence-electron chi connectivity index (χ3n) is 12.5. The van der Waals surface area contributed by atoms with Crippen molar-refractivity contribution in [3.8, 4) is 29.1 Å². The van der Waals surface area contributed by atoms with Crippen molar-refractivity contribution in [1.29, 1.82) is 0 Å². The molecule has 1 unspecified atom stereocenters. The number of hydrogen-bond donors (Lipinski definition) is 6. The van der Waals surface area contributed by atoms with E-state index in [1.165, 1.54) is 49.7 Å². The van der Waals surface area contributed by atoms with Gasteiger partial charge in [-0.25, -0.2) is 8.42 Å². The number of aromatic nitrogens is 1. The number of aryl methyl sites for hydroxylation is 2. The molecule has 1 aliphatic heterocycles. The molecule has 1 aliphatic rings. The number of hydrogen-bond acceptors (Lipinski definition) is 12. The maximum Gasteiger partial charge on any atom is 0.262 e. The van der Waals surface area contributed by atoms with E-state index in [0.29, 0.717) is 58.9 Å². The van der Waals surface area contributed by atoms with Crippen molar-refractivity contribution in [2.75, 3.05) is 42.8 Å². The number of aromatic hydroxyl groups is 1. The van der Waals surface area contributed by atoms with Gasteiger partial charge in [-0.3, -0.25) is 19.4 Å². The molecule has 364 valence electrons. The quantitative estimate of drug-likeness (QED) is 0.0231. The molecule has 7 rings (SSSR count). The highest BCUT2D eigenvalue weighted by atomic mass is 32.2. The minimum Gasteiger partial charge on any atom is -0.506 e. The van der Waals surface area contributed by atoms with Crippen molar-refractivity contribution in [3.63, 3.8) is 0 Å². The number of nitrogens with two attached hydrogens (primary N) is 1. The molecule has 6 aromatic rings. The number of carbonyl (C=O) groups excluding carboxylic acids is 3. The van der Waals surface area contributed by atoms with E-state index in [-0.39, 0.29) is 55.6 Å². The summed E-state index contributed by atoms with van der Waals surface area (Å²) in [5, 5.41) is 23.1. The standard InChI is InChI=1S/C53H58N6O9SSi/c1-32-24-37(20-19-34(32)14-10-9-11-23-55-30-45(68-70(7,8)53(3,4)5)41-21-22-44(60)49-50(41)67-31-46(61)59-49)58-52(63)35-15-12-18-39(26-35)69(64,65)40-25-33(2)47-42(28-40)48(43(29-56-47)51(54)62)57-36-16-13-17-38(27-36)66-6/h12-13,15-22,24-29,45,55,60H,9,11,23,30-31H2,1-8H3,(H2,54,62)(H,56,57)(H,58,63)(H,59,61). The number of primary amides is 1. The van der Waals surface area contributed by atoms with Crippen molar-refractivity contribution in [2.45, 2.75) is 81.5 Å². The van der Waals surface area contributed by atoms with Crippen molar-refractivity contribution in [1.82, 2.24) is 10.3 Å². The van der Waals surface area contributed by atoms with E-state index >= 15 is 0 Å². The number of ether oxygens (including phenoxy) is 2. The van der Waals surface area contributed by atoms with E-state index in [1.807, 2.05) is 19.1 Å². The van der Waals surface area contributed by atoms with Crippen LogP contribution < -0.4 is 36.5 Å². The van der Waals surface area contributed by atoms with E-state index in [4.69, 9.17) is 19.6 Å². The summed E-state index contributed by atoms with van der Waals surface area (Å²) in [7, 11) is -4.92. The number of phenols is 1. The molecule has 0 saturated carbocycles. The van der Waals surface area contributed by atoms with Crippen LogP contribution in [-0.4, -0.2) is 71.4 Å². The van der Waals surface area contributed by atoms with Gasteiger partial charge in [-0.05, 0) is 129 Å². The normalized spacial score (nSPS) is 13.0. The lowest BCUT2D eigenvalue weighted by Gasteiger charge is -2.40. The van der Waals surface area contributed by atoms with Gasteiger partial charge in [-0.2, -0.15) is 0 Å². The summed E-state index contributed by atoms with van der Waals surface area (Å²) < 4.78 is 46.6. The smallest absolute Gasteiger partial charge is 0.262 e. The zero-order chi connectivity index (χ0) is 50.5. The Bertz CT molecular complexity index is 3200. The number of pyridine rings is 1. The summed E-state index contributed by atoms with van der Waals surface area (Å²) in [6.45, 7) is 15.5. The van der Waals surface area contributed by atoms with Crippen LogP contribution in [0.4, 0.5) is 22.7 Å². The number of sulfone groups is 1. The lowest BCUT2D eigenvalue weighted by molar-refractivity contribution is -0.118. The predicted octanol–water partition coefficient (Wildman–Crippen LogP) is 9.31. The van der Waals surface area contributed by atoms with Crippen LogP contribution in [0.15, 0.2) is 107 Å². The van der Waals surface area contributed by atoms with Gasteiger partial charge in [0.2, 0.25) is 9.84 Å². The summed E-state index contributed by atoms with van der Waals surface area (Å²) in [6.07, 6.45) is 2.35. The monoisotopic (exact) mass is 982 g/mol. The van der Waals surface area contributed by atoms with E-state index < -0.39 is 36.1 Å². The van der Waals surface area contributed by atoms with Crippen molar-refractivity contribution < 1.29 is 41.8 Å². The topological polar surface area (TPSA) is 220 Å². The Hall–Kier alpha value is -7.23. The largest absolute Gasteiger partial charge is 0.506 e. The number of phenolic OH excluding ortho intramolecular Hbond substituents is 1. The van der Waals surface area contributed by atoms with Gasteiger partial charge in [0.15, 0.2) is 20.7 Å². The third kappa shape index (κ3) is 11.3. The maximum absolute atomic E-state index is 14.3. The van der Waals surface area contributed by atoms with Gasteiger partial charge in [0.1, 0.15) is 17.2 Å². The fourth-order valence-electron chi connectivity index (χ4n) is 7.67. The Morgan fingerprint density at radius 2 is 1.74 bits per heavy atom. The van der Waals surface area contributed by atoms with Crippen LogP contribution >= 0.6 is 0 Å². The molecular formula is C53H58N6O9SSi. The summed E-state index contributed by atoms with van der Waals surface area (Å²) >= 11 is 0. The van der Waals surface area contributed by atoms with E-state index in [0.717, 1.165) is 23.1 Å². The first kappa shape index (κ1) is 50.6. The Kier molecular flexibility index (Phi) is 15.0. The summed E-state index contributed by atoms with van der Waals surface area (Å²) in [4.78, 5) is 42.5. The van der Waals surface area contributed by atoms with Crippen LogP contribution in [0.2, 0.25) is 18.1 Å². The van der Waals surface area contributed by atoms with Crippen LogP contribution in [0.1, 0.15) is 82.7 Å². The summed E-state index contributed by atoms with van der Waals surface area (Å²) in [5.41, 5.74) is 11.0. The Morgan fingerprint density at radius 3 is 2.47 bits per heavy atom. The maximum atomic E-state index is 14.3. The predicted molar refractivity (Wildman–Crippen MR) is 275 cm³/mol. The number of nitrogens with one attached hydrogen (secondary N) is 4. The van der Waals surface area contributed by atoms with Crippen LogP contribution in [0.3, 0.4) is 0 Å². The second-order valence-electron chi connectivity index (χ2n) is 18.6. The lowest BCUT2D eigenvalue weighted by Crippen LogP contribution is -2.43. The van der Waals surface area contributed by atoms with Gasteiger partial charge >= 0.3 is 0 Å². The second-order valence-corrected chi connectivity index (χ2v) is 25.3. The van der Waals surface area contributed by atoms with Gasteiger partial charge in [0.05, 0.1) is 39.8 Å². The number of fused-ring (bicyclic) bond motifs is 2. The van der Waals surface area contributed by atoms with Crippen LogP contribution in [0.25, 0.3) is 10.9 Å². The van der Waals surface area contributed by atoms with Gasteiger partial charge < -0.3 is 46.0 Å². The molecule has 2 heterocycles. The number of methoxy groups -OCH3 is 1. The van der Waals surface area contributed by atoms with Crippen LogP contribution in [0.5, 0.6) is 17.2 Å². The van der Waals surface area contributed by atoms with Gasteiger partial charge in [-0.1, -0.05) is 44.7 Å². The number of amides is 3. The molecule has 7 N–H and O–H groups in total. The number of carbonyl (C=O) groups is 3. The fraction of sp³-hybridized carbons (Fsp3) is 0.283. The summed E-state index contributed by atoms with van der Waals surface area (Å²) in [5.74, 6) is 5.83. The molecule has 0 aliphatic carbocycles. The number of benzene rings is 5. The van der Waals surface area contributed by atoms with Crippen molar-refractivity contribution >= 4 is 69.5 Å². The molecule has 0 saturated heterocycles. The second kappa shape index (κ2) is 20.8. The molecule has 1 atom stereocenters. The molecule has 0 bridgehead atoms. The molecule has 70 heavy (non-hydrogen) atoms. The SMILES string of the molecule is COc1cccc(Nc2c(C(N)=O)cnc3c(C)cc(S(=O)(=O)c4cccc(C(=O)Nc5ccc(C#CCCCNCC(O[Si](C)(C)C(C)(C)C)c6ccc(O)c7c6OCC(=O)N7)c(C)c5)c4)cc23)c1. The Labute approximate surface area is 409 Å². The zero-order valence-corrected chi connectivity index (χ0v) is 42.3. The van der Waals surface area contributed by atoms with E-state index in [9.17, 15) is 27.9 Å². The van der Waals surface area contributed by atoms with Crippen molar-refractivity contribution in [2.24, 2.45) is 5.73 Å². The van der Waals surface area contributed by atoms with Gasteiger partial charge in [0.25, 0.3) is 17.7 Å². The molecule has 5 aromatic carbocycles. The van der Waals surface area contributed by atoms with Crippen LogP contribution in [-0.2, 0) is 19.1 Å². The molecule has 1 aromatic heterocycles. The fourth-order valence-corrected chi connectivity index (χ4v) is 10.4. The van der Waals surface area contributed by atoms with E-state index in [1.54, 1.807) is 49.4 Å². The molecule has 0 fully saturated rings. The zero-order valence-electron chi connectivity index (χ0n) is 40.5. The van der Waals surface area contributed by atoms with Gasteiger partial charge in [0, 0.05) is 58.7 Å². The Morgan fingerprint density at radius 1 is 0.971 bits per heavy atom. The number of nitrogens with zero attached hydrogens (tertiary/aromatic N) is 1. The molecule has 0 radical (unpaired) electrons. The molecule has 3 amide bonds. The van der Waals surface area contributed by atoms with Crippen LogP contribution in [0, 0.1) is 25.7 Å². The van der Waals surface area contributed by atoms with Gasteiger partial charge in [-0.15, -0.1) is 0 Å². The number of rotatable bonds is 16. The van der Waals surface area contributed by atoms with Crippen molar-refractivity contribution in [3.05, 3.63) is 131 Å². The molecule has 17 heteroatoms. The average molecular weight is 983 g/mol. The minimum atomic E-state index is -4.20. The minimum absolute atomic E-state index is 0.0586. The first-order chi connectivity index (χ1) is 33.2. The lowest BCUT2D eigenvalue weighted by atomic mass is 10.0. The highest BCUT2D eigenvalue weighted by Crippen LogP contribution is 2.46. The molecule has 15 nitrogen and oxygen atoms in total. The number of anilines is 4. The highest BCUT2D eigenvalue weighted by molar-refractivity contribution is 7.91. The first-order valence-corrected chi connectivity index (χ1v) is 27.1. The molecular weight excluding hydrogens is 925 g/mol. The molecule has 0 spiro atoms. The third-order valence-corrected chi connectivity index (χ3v) is 18.7. The number of unbranched alkanes of at least 4 members (excludes halogenated alkanes) is 1. The average Bonchev–Trinajstić information content (AvgIpc) is 3.31. The summed E-state index contributed by atoms with van der Waals surface area (Å²) in [6, 6.07) is 24.5.